The summed E-state index contributed by atoms with van der Waals surface area (Å²) in [7, 11) is 0. The molecule has 0 saturated carbocycles. The van der Waals surface area contributed by atoms with Crippen molar-refractivity contribution in [1.29, 1.82) is 0 Å². The number of aryl methyl sites for hydroxylation is 1. The van der Waals surface area contributed by atoms with E-state index in [1.165, 1.54) is 11.5 Å². The molecule has 0 amide bonds. The van der Waals surface area contributed by atoms with Gasteiger partial charge < -0.3 is 16.4 Å². The molecule has 0 aliphatic heterocycles. The van der Waals surface area contributed by atoms with E-state index in [2.05, 4.69) is 25.0 Å². The first-order chi connectivity index (χ1) is 10.6. The third-order valence-corrected chi connectivity index (χ3v) is 3.83. The highest BCUT2D eigenvalue weighted by Gasteiger charge is 2.07. The predicted octanol–water partition coefficient (Wildman–Crippen LogP) is 3.96. The monoisotopic (exact) mass is 332 g/mol. The van der Waals surface area contributed by atoms with Gasteiger partial charge in [-0.25, -0.2) is 4.98 Å². The highest BCUT2D eigenvalue weighted by molar-refractivity contribution is 7.10. The second kappa shape index (κ2) is 6.17. The van der Waals surface area contributed by atoms with Crippen LogP contribution in [0.4, 0.5) is 28.1 Å². The first-order valence-electron chi connectivity index (χ1n) is 6.45. The second-order valence-electron chi connectivity index (χ2n) is 4.60. The normalized spacial score (nSPS) is 10.5. The number of hydrogen-bond donors (Lipinski definition) is 3. The number of aromatic nitrogens is 3. The van der Waals surface area contributed by atoms with Gasteiger partial charge in [0.25, 0.3) is 0 Å². The van der Waals surface area contributed by atoms with Crippen molar-refractivity contribution in [3.63, 3.8) is 0 Å². The average Bonchev–Trinajstić information content (AvgIpc) is 2.88. The number of anilines is 5. The van der Waals surface area contributed by atoms with E-state index in [0.29, 0.717) is 22.5 Å². The number of rotatable bonds is 4. The lowest BCUT2D eigenvalue weighted by atomic mass is 10.3. The van der Waals surface area contributed by atoms with Crippen molar-refractivity contribution in [3.8, 4) is 0 Å². The van der Waals surface area contributed by atoms with E-state index in [0.717, 1.165) is 16.4 Å². The molecule has 0 unspecified atom stereocenters. The van der Waals surface area contributed by atoms with Gasteiger partial charge in [0.2, 0.25) is 5.95 Å². The van der Waals surface area contributed by atoms with Crippen LogP contribution in [0.25, 0.3) is 0 Å². The van der Waals surface area contributed by atoms with Gasteiger partial charge >= 0.3 is 0 Å². The second-order valence-corrected chi connectivity index (χ2v) is 5.81. The van der Waals surface area contributed by atoms with Crippen LogP contribution in [-0.2, 0) is 0 Å². The Morgan fingerprint density at radius 1 is 1.23 bits per heavy atom. The molecule has 0 bridgehead atoms. The van der Waals surface area contributed by atoms with Crippen LogP contribution in [0.1, 0.15) is 5.69 Å². The summed E-state index contributed by atoms with van der Waals surface area (Å²) in [5, 5.41) is 7.52. The summed E-state index contributed by atoms with van der Waals surface area (Å²) in [4.78, 5) is 8.54. The lowest BCUT2D eigenvalue weighted by Gasteiger charge is -2.09. The Kier molecular flexibility index (Phi) is 4.08. The quantitative estimate of drug-likeness (QED) is 0.626. The van der Waals surface area contributed by atoms with Gasteiger partial charge in [-0.2, -0.15) is 9.36 Å². The molecule has 4 N–H and O–H groups in total. The van der Waals surface area contributed by atoms with Crippen LogP contribution < -0.4 is 16.4 Å². The Hall–Kier alpha value is -2.38. The minimum Gasteiger partial charge on any atom is -0.399 e. The van der Waals surface area contributed by atoms with E-state index in [4.69, 9.17) is 17.3 Å². The molecule has 0 aliphatic carbocycles. The summed E-state index contributed by atoms with van der Waals surface area (Å²) in [5.41, 5.74) is 8.17. The molecule has 3 rings (SSSR count). The van der Waals surface area contributed by atoms with Gasteiger partial charge in [-0.05, 0) is 42.7 Å². The minimum atomic E-state index is 0.424. The summed E-state index contributed by atoms with van der Waals surface area (Å²) >= 11 is 7.49. The fourth-order valence-electron chi connectivity index (χ4n) is 1.80. The van der Waals surface area contributed by atoms with Crippen molar-refractivity contribution in [2.75, 3.05) is 16.4 Å². The highest BCUT2D eigenvalue weighted by Crippen LogP contribution is 2.26. The zero-order valence-corrected chi connectivity index (χ0v) is 13.2. The molecule has 6 nitrogen and oxygen atoms in total. The molecule has 0 atom stereocenters. The first kappa shape index (κ1) is 14.6. The highest BCUT2D eigenvalue weighted by atomic mass is 35.5. The van der Waals surface area contributed by atoms with Gasteiger partial charge in [-0.15, -0.1) is 0 Å². The van der Waals surface area contributed by atoms with Gasteiger partial charge in [0.15, 0.2) is 5.82 Å². The molecule has 0 aliphatic rings. The van der Waals surface area contributed by atoms with Crippen molar-refractivity contribution in [2.45, 2.75) is 6.92 Å². The number of hydrogen-bond acceptors (Lipinski definition) is 7. The molecule has 2 aromatic heterocycles. The van der Waals surface area contributed by atoms with Crippen LogP contribution in [0, 0.1) is 6.92 Å². The van der Waals surface area contributed by atoms with Gasteiger partial charge in [0.1, 0.15) is 10.0 Å². The van der Waals surface area contributed by atoms with Crippen LogP contribution >= 0.6 is 23.1 Å². The summed E-state index contributed by atoms with van der Waals surface area (Å²) < 4.78 is 4.20. The fourth-order valence-corrected chi connectivity index (χ4v) is 2.59. The molecule has 3 aromatic rings. The van der Waals surface area contributed by atoms with Crippen molar-refractivity contribution < 1.29 is 0 Å². The molecule has 2 heterocycles. The van der Waals surface area contributed by atoms with Gasteiger partial charge in [0.05, 0.1) is 11.9 Å². The lowest BCUT2D eigenvalue weighted by molar-refractivity contribution is 1.17. The number of nitrogens with two attached hydrogens (primary N) is 1. The van der Waals surface area contributed by atoms with Crippen molar-refractivity contribution in [2.24, 2.45) is 0 Å². The van der Waals surface area contributed by atoms with Crippen LogP contribution in [-0.4, -0.2) is 14.3 Å². The zero-order valence-electron chi connectivity index (χ0n) is 11.7. The summed E-state index contributed by atoms with van der Waals surface area (Å²) in [6.45, 7) is 1.93. The molecular formula is C14H13ClN6S. The summed E-state index contributed by atoms with van der Waals surface area (Å²) in [6.07, 6.45) is 1.54. The third kappa shape index (κ3) is 3.44. The van der Waals surface area contributed by atoms with E-state index in [1.807, 2.05) is 31.2 Å². The topological polar surface area (TPSA) is 88.8 Å². The van der Waals surface area contributed by atoms with E-state index in [-0.39, 0.29) is 0 Å². The van der Waals surface area contributed by atoms with Crippen molar-refractivity contribution >= 4 is 51.3 Å². The molecular weight excluding hydrogens is 320 g/mol. The lowest BCUT2D eigenvalue weighted by Crippen LogP contribution is -2.01. The Balaban J connectivity index is 1.83. The van der Waals surface area contributed by atoms with Gasteiger partial charge in [-0.1, -0.05) is 17.7 Å². The SMILES string of the molecule is Cc1cc(Nc2ncc(Cl)c(Nc3cccc(N)c3)n2)sn1. The van der Waals surface area contributed by atoms with Gasteiger partial charge in [0, 0.05) is 11.4 Å². The zero-order chi connectivity index (χ0) is 15.5. The molecule has 22 heavy (non-hydrogen) atoms. The molecule has 0 spiro atoms. The molecule has 0 saturated heterocycles. The molecule has 8 heteroatoms. The van der Waals surface area contributed by atoms with E-state index < -0.39 is 0 Å². The molecule has 0 fully saturated rings. The maximum absolute atomic E-state index is 6.14. The van der Waals surface area contributed by atoms with Crippen molar-refractivity contribution in [3.05, 3.63) is 47.2 Å². The Labute approximate surface area is 136 Å². The Morgan fingerprint density at radius 2 is 2.09 bits per heavy atom. The minimum absolute atomic E-state index is 0.424. The van der Waals surface area contributed by atoms with E-state index >= 15 is 0 Å². The van der Waals surface area contributed by atoms with Crippen LogP contribution in [0.5, 0.6) is 0 Å². The number of nitrogens with one attached hydrogen (secondary N) is 2. The van der Waals surface area contributed by atoms with E-state index in [1.54, 1.807) is 12.3 Å². The van der Waals surface area contributed by atoms with E-state index in [9.17, 15) is 0 Å². The first-order valence-corrected chi connectivity index (χ1v) is 7.61. The average molecular weight is 333 g/mol. The smallest absolute Gasteiger partial charge is 0.229 e. The van der Waals surface area contributed by atoms with Crippen molar-refractivity contribution in [1.82, 2.24) is 14.3 Å². The fraction of sp³-hybridized carbons (Fsp3) is 0.0714. The number of nitrogens with zero attached hydrogens (tertiary/aromatic N) is 3. The maximum Gasteiger partial charge on any atom is 0.229 e. The van der Waals surface area contributed by atoms with Crippen LogP contribution in [0.2, 0.25) is 5.02 Å². The number of nitrogen functional groups attached to an aromatic ring is 1. The Morgan fingerprint density at radius 3 is 2.82 bits per heavy atom. The number of benzene rings is 1. The summed E-state index contributed by atoms with van der Waals surface area (Å²) in [5.74, 6) is 0.949. The maximum atomic E-state index is 6.14. The van der Waals surface area contributed by atoms with Crippen LogP contribution in [0.3, 0.4) is 0 Å². The number of halogens is 1. The molecule has 112 valence electrons. The van der Waals surface area contributed by atoms with Gasteiger partial charge in [-0.3, -0.25) is 0 Å². The standard InChI is InChI=1S/C14H13ClN6S/c1-8-5-12(22-21-8)19-14-17-7-11(15)13(20-14)18-10-4-2-3-9(16)6-10/h2-7H,16H2,1H3,(H2,17,18,19,20). The molecule has 1 aromatic carbocycles. The predicted molar refractivity (Wildman–Crippen MR) is 91.3 cm³/mol. The largest absolute Gasteiger partial charge is 0.399 e. The summed E-state index contributed by atoms with van der Waals surface area (Å²) in [6, 6.07) is 9.28. The third-order valence-electron chi connectivity index (χ3n) is 2.76. The Bertz CT molecular complexity index is 804. The molecule has 0 radical (unpaired) electrons. The van der Waals surface area contributed by atoms with Crippen LogP contribution in [0.15, 0.2) is 36.5 Å².